The molecular weight excluding hydrogens is 259 g/mol. The first-order valence-electron chi connectivity index (χ1n) is 5.52. The van der Waals surface area contributed by atoms with Gasteiger partial charge in [-0.05, 0) is 26.0 Å². The molecule has 0 aromatic heterocycles. The zero-order valence-electron chi connectivity index (χ0n) is 10.1. The Kier molecular flexibility index (Phi) is 5.06. The number of phenolic OH excluding ortho intramolecular Hbond substituents is 1. The highest BCUT2D eigenvalue weighted by Crippen LogP contribution is 2.20. The van der Waals surface area contributed by atoms with E-state index in [1.807, 2.05) is 0 Å². The van der Waals surface area contributed by atoms with Crippen molar-refractivity contribution in [1.82, 2.24) is 5.32 Å². The lowest BCUT2D eigenvalue weighted by Gasteiger charge is -2.14. The van der Waals surface area contributed by atoms with Crippen LogP contribution in [0.2, 0.25) is 0 Å². The number of halogens is 1. The van der Waals surface area contributed by atoms with Gasteiger partial charge in [0, 0.05) is 17.7 Å². The molecular formula is C11H17FN2O3S. The largest absolute Gasteiger partial charge is 0.508 e. The minimum absolute atomic E-state index is 0.106. The van der Waals surface area contributed by atoms with Crippen LogP contribution in [-0.4, -0.2) is 25.8 Å². The Morgan fingerprint density at radius 3 is 2.72 bits per heavy atom. The summed E-state index contributed by atoms with van der Waals surface area (Å²) in [5.41, 5.74) is 0.420. The van der Waals surface area contributed by atoms with Gasteiger partial charge in [0.2, 0.25) is 10.0 Å². The maximum Gasteiger partial charge on any atom is 0.209 e. The molecule has 1 aromatic rings. The molecule has 0 spiro atoms. The predicted molar refractivity (Wildman–Crippen MR) is 67.1 cm³/mol. The quantitative estimate of drug-likeness (QED) is 0.672. The number of hydrogen-bond acceptors (Lipinski definition) is 4. The van der Waals surface area contributed by atoms with Gasteiger partial charge in [-0.2, -0.15) is 0 Å². The van der Waals surface area contributed by atoms with Gasteiger partial charge in [-0.25, -0.2) is 17.9 Å². The summed E-state index contributed by atoms with van der Waals surface area (Å²) < 4.78 is 34.9. The standard InChI is InChI=1S/C11H17FN2O3S/c1-8(14-5-2-6-18(13,16)17)10-4-3-9(15)7-11(10)12/h3-4,7-8,14-15H,2,5-6H2,1H3,(H2,13,16,17). The van der Waals surface area contributed by atoms with Gasteiger partial charge in [-0.1, -0.05) is 6.07 Å². The molecule has 0 saturated heterocycles. The molecule has 0 saturated carbocycles. The Labute approximate surface area is 106 Å². The third kappa shape index (κ3) is 4.99. The van der Waals surface area contributed by atoms with E-state index in [1.54, 1.807) is 6.92 Å². The monoisotopic (exact) mass is 276 g/mol. The fraction of sp³-hybridized carbons (Fsp3) is 0.455. The molecule has 7 heteroatoms. The molecule has 102 valence electrons. The summed E-state index contributed by atoms with van der Waals surface area (Å²) in [6, 6.07) is 3.66. The van der Waals surface area contributed by atoms with Gasteiger partial charge in [0.1, 0.15) is 11.6 Å². The first-order valence-corrected chi connectivity index (χ1v) is 7.23. The van der Waals surface area contributed by atoms with Gasteiger partial charge >= 0.3 is 0 Å². The molecule has 1 atom stereocenters. The summed E-state index contributed by atoms with van der Waals surface area (Å²) in [7, 11) is -3.45. The lowest BCUT2D eigenvalue weighted by atomic mass is 10.1. The van der Waals surface area contributed by atoms with Crippen LogP contribution in [-0.2, 0) is 10.0 Å². The number of phenols is 1. The lowest BCUT2D eigenvalue weighted by Crippen LogP contribution is -2.24. The maximum absolute atomic E-state index is 13.5. The first kappa shape index (κ1) is 14.9. The number of rotatable bonds is 6. The molecule has 5 nitrogen and oxygen atoms in total. The summed E-state index contributed by atoms with van der Waals surface area (Å²) in [5, 5.41) is 16.9. The SMILES string of the molecule is CC(NCCCS(N)(=O)=O)c1ccc(O)cc1F. The van der Waals surface area contributed by atoms with Crippen LogP contribution in [0.15, 0.2) is 18.2 Å². The molecule has 0 aliphatic rings. The topological polar surface area (TPSA) is 92.4 Å². The number of benzene rings is 1. The third-order valence-corrected chi connectivity index (χ3v) is 3.36. The average molecular weight is 276 g/mol. The van der Waals surface area contributed by atoms with Crippen molar-refractivity contribution in [3.05, 3.63) is 29.6 Å². The van der Waals surface area contributed by atoms with Crippen LogP contribution in [0.25, 0.3) is 0 Å². The molecule has 1 aromatic carbocycles. The second-order valence-corrected chi connectivity index (χ2v) is 5.84. The van der Waals surface area contributed by atoms with Gasteiger partial charge in [0.25, 0.3) is 0 Å². The van der Waals surface area contributed by atoms with E-state index in [0.29, 0.717) is 18.5 Å². The number of nitrogens with two attached hydrogens (primary N) is 1. The van der Waals surface area contributed by atoms with E-state index in [0.717, 1.165) is 6.07 Å². The molecule has 0 aliphatic heterocycles. The lowest BCUT2D eigenvalue weighted by molar-refractivity contribution is 0.463. The van der Waals surface area contributed by atoms with Crippen molar-refractivity contribution < 1.29 is 17.9 Å². The Morgan fingerprint density at radius 2 is 2.17 bits per heavy atom. The molecule has 0 radical (unpaired) electrons. The van der Waals surface area contributed by atoms with E-state index in [-0.39, 0.29) is 17.5 Å². The highest BCUT2D eigenvalue weighted by molar-refractivity contribution is 7.89. The third-order valence-electron chi connectivity index (χ3n) is 2.51. The Balaban J connectivity index is 2.48. The second kappa shape index (κ2) is 6.12. The molecule has 0 heterocycles. The van der Waals surface area contributed by atoms with Crippen molar-refractivity contribution >= 4 is 10.0 Å². The van der Waals surface area contributed by atoms with Gasteiger partial charge in [-0.15, -0.1) is 0 Å². The maximum atomic E-state index is 13.5. The normalized spacial score (nSPS) is 13.5. The molecule has 0 amide bonds. The van der Waals surface area contributed by atoms with Crippen LogP contribution < -0.4 is 10.5 Å². The van der Waals surface area contributed by atoms with Crippen LogP contribution in [0.1, 0.15) is 24.9 Å². The van der Waals surface area contributed by atoms with Gasteiger partial charge in [0.05, 0.1) is 5.75 Å². The summed E-state index contributed by atoms with van der Waals surface area (Å²) >= 11 is 0. The summed E-state index contributed by atoms with van der Waals surface area (Å²) in [6.07, 6.45) is 0.364. The summed E-state index contributed by atoms with van der Waals surface area (Å²) in [4.78, 5) is 0. The van der Waals surface area contributed by atoms with Gasteiger partial charge in [-0.3, -0.25) is 0 Å². The van der Waals surface area contributed by atoms with Crippen molar-refractivity contribution in [2.45, 2.75) is 19.4 Å². The van der Waals surface area contributed by atoms with Crippen LogP contribution in [0.4, 0.5) is 4.39 Å². The zero-order chi connectivity index (χ0) is 13.8. The Hall–Kier alpha value is -1.18. The van der Waals surface area contributed by atoms with Crippen molar-refractivity contribution in [3.63, 3.8) is 0 Å². The first-order chi connectivity index (χ1) is 8.29. The van der Waals surface area contributed by atoms with E-state index in [4.69, 9.17) is 10.2 Å². The van der Waals surface area contributed by atoms with Crippen molar-refractivity contribution in [2.75, 3.05) is 12.3 Å². The van der Waals surface area contributed by atoms with E-state index < -0.39 is 15.8 Å². The van der Waals surface area contributed by atoms with E-state index in [9.17, 15) is 12.8 Å². The Bertz CT molecular complexity index is 505. The highest BCUT2D eigenvalue weighted by Gasteiger charge is 2.11. The second-order valence-electron chi connectivity index (χ2n) is 4.10. The van der Waals surface area contributed by atoms with E-state index >= 15 is 0 Å². The van der Waals surface area contributed by atoms with Crippen LogP contribution in [0.5, 0.6) is 5.75 Å². The fourth-order valence-electron chi connectivity index (χ4n) is 1.57. The van der Waals surface area contributed by atoms with Crippen molar-refractivity contribution in [1.29, 1.82) is 0 Å². The molecule has 1 rings (SSSR count). The van der Waals surface area contributed by atoms with E-state index in [2.05, 4.69) is 5.32 Å². The number of hydrogen-bond donors (Lipinski definition) is 3. The molecule has 0 aliphatic carbocycles. The predicted octanol–water partition coefficient (Wildman–Crippen LogP) is 0.861. The highest BCUT2D eigenvalue weighted by atomic mass is 32.2. The van der Waals surface area contributed by atoms with Crippen LogP contribution in [0.3, 0.4) is 0 Å². The van der Waals surface area contributed by atoms with Crippen LogP contribution >= 0.6 is 0 Å². The molecule has 18 heavy (non-hydrogen) atoms. The smallest absolute Gasteiger partial charge is 0.209 e. The molecule has 4 N–H and O–H groups in total. The minimum Gasteiger partial charge on any atom is -0.508 e. The zero-order valence-corrected chi connectivity index (χ0v) is 10.9. The number of sulfonamides is 1. The molecule has 1 unspecified atom stereocenters. The van der Waals surface area contributed by atoms with Crippen molar-refractivity contribution in [2.24, 2.45) is 5.14 Å². The van der Waals surface area contributed by atoms with E-state index in [1.165, 1.54) is 12.1 Å². The van der Waals surface area contributed by atoms with Crippen molar-refractivity contribution in [3.8, 4) is 5.75 Å². The summed E-state index contributed by atoms with van der Waals surface area (Å²) in [5.74, 6) is -0.732. The van der Waals surface area contributed by atoms with Gasteiger partial charge < -0.3 is 10.4 Å². The van der Waals surface area contributed by atoms with Gasteiger partial charge in [0.15, 0.2) is 0 Å². The Morgan fingerprint density at radius 1 is 1.50 bits per heavy atom. The fourth-order valence-corrected chi connectivity index (χ4v) is 2.12. The molecule has 0 fully saturated rings. The number of nitrogens with one attached hydrogen (secondary N) is 1. The van der Waals surface area contributed by atoms with Crippen LogP contribution in [0, 0.1) is 5.82 Å². The number of primary sulfonamides is 1. The average Bonchev–Trinajstić information content (AvgIpc) is 2.22. The molecule has 0 bridgehead atoms. The summed E-state index contributed by atoms with van der Waals surface area (Å²) in [6.45, 7) is 2.17. The number of aromatic hydroxyl groups is 1. The minimum atomic E-state index is -3.45.